The molecule has 1 rings (SSSR count). The second-order valence-electron chi connectivity index (χ2n) is 2.99. The van der Waals surface area contributed by atoms with Crippen molar-refractivity contribution < 1.29 is 4.92 Å². The van der Waals surface area contributed by atoms with Gasteiger partial charge in [0, 0.05) is 6.07 Å². The van der Waals surface area contributed by atoms with Crippen molar-refractivity contribution in [3.05, 3.63) is 51.0 Å². The highest BCUT2D eigenvalue weighted by molar-refractivity contribution is 9.10. The van der Waals surface area contributed by atoms with E-state index in [1.165, 1.54) is 0 Å². The molecule has 0 aromatic heterocycles. The molecule has 0 N–H and O–H groups in total. The van der Waals surface area contributed by atoms with Gasteiger partial charge in [-0.2, -0.15) is 0 Å². The summed E-state index contributed by atoms with van der Waals surface area (Å²) >= 11 is 3.13. The second kappa shape index (κ2) is 4.37. The molecular weight excluding hydrogens is 246 g/mol. The van der Waals surface area contributed by atoms with Crippen molar-refractivity contribution in [2.75, 3.05) is 0 Å². The van der Waals surface area contributed by atoms with Gasteiger partial charge < -0.3 is 0 Å². The Bertz CT molecular complexity index is 376. The molecule has 3 nitrogen and oxygen atoms in total. The number of nitrogens with zero attached hydrogens (tertiary/aromatic N) is 1. The molecule has 0 radical (unpaired) electrons. The van der Waals surface area contributed by atoms with Gasteiger partial charge in [0.25, 0.3) is 5.69 Å². The fourth-order valence-corrected chi connectivity index (χ4v) is 1.48. The first-order valence-corrected chi connectivity index (χ1v) is 4.92. The summed E-state index contributed by atoms with van der Waals surface area (Å²) in [6, 6.07) is 5.10. The molecule has 14 heavy (non-hydrogen) atoms. The molecule has 1 aromatic carbocycles. The highest BCUT2D eigenvalue weighted by atomic mass is 79.9. The van der Waals surface area contributed by atoms with Crippen molar-refractivity contribution in [2.24, 2.45) is 0 Å². The van der Waals surface area contributed by atoms with Gasteiger partial charge in [0.2, 0.25) is 0 Å². The Morgan fingerprint density at radius 1 is 1.64 bits per heavy atom. The van der Waals surface area contributed by atoms with Crippen LogP contribution >= 0.6 is 15.9 Å². The molecule has 0 aliphatic carbocycles. The van der Waals surface area contributed by atoms with Crippen molar-refractivity contribution in [2.45, 2.75) is 12.8 Å². The third-order valence-electron chi connectivity index (χ3n) is 2.05. The first kappa shape index (κ1) is 10.9. The third-order valence-corrected chi connectivity index (χ3v) is 2.72. The van der Waals surface area contributed by atoms with Crippen LogP contribution in [0, 0.1) is 10.1 Å². The lowest BCUT2D eigenvalue weighted by molar-refractivity contribution is -0.385. The lowest BCUT2D eigenvalue weighted by Gasteiger charge is -2.06. The Balaban J connectivity index is 3.19. The number of nitro benzene ring substituents is 1. The SMILES string of the molecule is C=CC(C)c1ccc(Br)c([N+](=O)[O-])c1. The smallest absolute Gasteiger partial charge is 0.258 e. The molecule has 0 saturated carbocycles. The van der Waals surface area contributed by atoms with Crippen molar-refractivity contribution in [3.63, 3.8) is 0 Å². The van der Waals surface area contributed by atoms with Crippen molar-refractivity contribution >= 4 is 21.6 Å². The third kappa shape index (κ3) is 2.20. The zero-order chi connectivity index (χ0) is 10.7. The number of allylic oxidation sites excluding steroid dienone is 1. The van der Waals surface area contributed by atoms with E-state index in [9.17, 15) is 10.1 Å². The van der Waals surface area contributed by atoms with E-state index < -0.39 is 4.92 Å². The van der Waals surface area contributed by atoms with Crippen LogP contribution in [0.15, 0.2) is 35.3 Å². The first-order valence-electron chi connectivity index (χ1n) is 4.12. The van der Waals surface area contributed by atoms with Crippen LogP contribution in [0.2, 0.25) is 0 Å². The van der Waals surface area contributed by atoms with Gasteiger partial charge in [-0.3, -0.25) is 10.1 Å². The molecule has 0 bridgehead atoms. The second-order valence-corrected chi connectivity index (χ2v) is 3.85. The van der Waals surface area contributed by atoms with E-state index in [1.54, 1.807) is 18.2 Å². The van der Waals surface area contributed by atoms with Gasteiger partial charge in [0.1, 0.15) is 0 Å². The van der Waals surface area contributed by atoms with Crippen LogP contribution < -0.4 is 0 Å². The summed E-state index contributed by atoms with van der Waals surface area (Å²) < 4.78 is 0.502. The van der Waals surface area contributed by atoms with E-state index in [4.69, 9.17) is 0 Å². The number of rotatable bonds is 3. The molecule has 0 spiro atoms. The van der Waals surface area contributed by atoms with E-state index in [0.717, 1.165) is 5.56 Å². The monoisotopic (exact) mass is 255 g/mol. The van der Waals surface area contributed by atoms with Gasteiger partial charge in [-0.25, -0.2) is 0 Å². The Morgan fingerprint density at radius 2 is 2.29 bits per heavy atom. The Hall–Kier alpha value is -1.16. The number of halogens is 1. The van der Waals surface area contributed by atoms with Gasteiger partial charge in [-0.1, -0.05) is 19.1 Å². The summed E-state index contributed by atoms with van der Waals surface area (Å²) in [6.07, 6.45) is 1.76. The lowest BCUT2D eigenvalue weighted by Crippen LogP contribution is -1.94. The minimum absolute atomic E-state index is 0.0937. The lowest BCUT2D eigenvalue weighted by atomic mass is 10.0. The van der Waals surface area contributed by atoms with E-state index in [0.29, 0.717) is 4.47 Å². The minimum Gasteiger partial charge on any atom is -0.258 e. The largest absolute Gasteiger partial charge is 0.283 e. The van der Waals surface area contributed by atoms with Gasteiger partial charge in [0.15, 0.2) is 0 Å². The van der Waals surface area contributed by atoms with Crippen LogP contribution in [0.1, 0.15) is 18.4 Å². The summed E-state index contributed by atoms with van der Waals surface area (Å²) in [7, 11) is 0. The minimum atomic E-state index is -0.399. The average molecular weight is 256 g/mol. The van der Waals surface area contributed by atoms with Crippen LogP contribution in [0.25, 0.3) is 0 Å². The topological polar surface area (TPSA) is 43.1 Å². The molecular formula is C10H10BrNO2. The predicted octanol–water partition coefficient (Wildman–Crippen LogP) is 3.65. The van der Waals surface area contributed by atoms with E-state index in [2.05, 4.69) is 22.5 Å². The van der Waals surface area contributed by atoms with Crippen LogP contribution in [-0.4, -0.2) is 4.92 Å². The molecule has 0 aliphatic heterocycles. The number of hydrogen-bond donors (Lipinski definition) is 0. The summed E-state index contributed by atoms with van der Waals surface area (Å²) in [5.41, 5.74) is 0.992. The van der Waals surface area contributed by atoms with Crippen LogP contribution in [0.5, 0.6) is 0 Å². The summed E-state index contributed by atoms with van der Waals surface area (Å²) in [4.78, 5) is 10.2. The summed E-state index contributed by atoms with van der Waals surface area (Å²) in [5.74, 6) is 0.127. The predicted molar refractivity (Wildman–Crippen MR) is 59.4 cm³/mol. The van der Waals surface area contributed by atoms with Crippen LogP contribution in [-0.2, 0) is 0 Å². The van der Waals surface area contributed by atoms with Crippen LogP contribution in [0.3, 0.4) is 0 Å². The van der Waals surface area contributed by atoms with E-state index >= 15 is 0 Å². The van der Waals surface area contributed by atoms with E-state index in [-0.39, 0.29) is 11.6 Å². The molecule has 1 atom stereocenters. The van der Waals surface area contributed by atoms with Crippen molar-refractivity contribution in [1.82, 2.24) is 0 Å². The molecule has 4 heteroatoms. The van der Waals surface area contributed by atoms with Gasteiger partial charge in [-0.15, -0.1) is 6.58 Å². The quantitative estimate of drug-likeness (QED) is 0.470. The highest BCUT2D eigenvalue weighted by Gasteiger charge is 2.13. The van der Waals surface area contributed by atoms with Gasteiger partial charge in [0.05, 0.1) is 9.40 Å². The van der Waals surface area contributed by atoms with Crippen molar-refractivity contribution in [1.29, 1.82) is 0 Å². The van der Waals surface area contributed by atoms with Gasteiger partial charge >= 0.3 is 0 Å². The standard InChI is InChI=1S/C10H10BrNO2/c1-3-7(2)8-4-5-9(11)10(6-8)12(13)14/h3-7H,1H2,2H3. The number of hydrogen-bond acceptors (Lipinski definition) is 2. The Morgan fingerprint density at radius 3 is 2.79 bits per heavy atom. The zero-order valence-corrected chi connectivity index (χ0v) is 9.32. The molecule has 1 aromatic rings. The van der Waals surface area contributed by atoms with Crippen molar-refractivity contribution in [3.8, 4) is 0 Å². The molecule has 74 valence electrons. The van der Waals surface area contributed by atoms with E-state index in [1.807, 2.05) is 13.0 Å². The molecule has 1 unspecified atom stereocenters. The average Bonchev–Trinajstić information content (AvgIpc) is 2.17. The van der Waals surface area contributed by atoms with Gasteiger partial charge in [-0.05, 0) is 33.5 Å². The maximum Gasteiger partial charge on any atom is 0.283 e. The molecule has 0 saturated heterocycles. The Labute approximate surface area is 90.7 Å². The molecule has 0 aliphatic rings. The fraction of sp³-hybridized carbons (Fsp3) is 0.200. The Kier molecular flexibility index (Phi) is 3.41. The number of nitro groups is 1. The fourth-order valence-electron chi connectivity index (χ4n) is 1.09. The normalized spacial score (nSPS) is 12.1. The molecule has 0 heterocycles. The molecule has 0 amide bonds. The first-order chi connectivity index (χ1) is 6.56. The summed E-state index contributed by atoms with van der Waals surface area (Å²) in [6.45, 7) is 5.60. The maximum atomic E-state index is 10.6. The number of benzene rings is 1. The maximum absolute atomic E-state index is 10.6. The summed E-state index contributed by atoms with van der Waals surface area (Å²) in [5, 5.41) is 10.6. The van der Waals surface area contributed by atoms with Crippen LogP contribution in [0.4, 0.5) is 5.69 Å². The zero-order valence-electron chi connectivity index (χ0n) is 7.74. The molecule has 0 fully saturated rings. The highest BCUT2D eigenvalue weighted by Crippen LogP contribution is 2.28.